The van der Waals surface area contributed by atoms with Gasteiger partial charge in [-0.25, -0.2) is 9.18 Å². The standard InChI is InChI=1S/C12H14FN3O/c1-3-16(4-2)12(17)15-11-7-5-6-10(13)9(11)8-14/h5-7H,3-4H2,1-2H3,(H,15,17). The van der Waals surface area contributed by atoms with Crippen molar-refractivity contribution in [1.82, 2.24) is 4.90 Å². The maximum atomic E-state index is 13.3. The van der Waals surface area contributed by atoms with E-state index < -0.39 is 5.82 Å². The highest BCUT2D eigenvalue weighted by Crippen LogP contribution is 2.18. The van der Waals surface area contributed by atoms with Gasteiger partial charge in [0.05, 0.1) is 5.69 Å². The van der Waals surface area contributed by atoms with Crippen LogP contribution >= 0.6 is 0 Å². The van der Waals surface area contributed by atoms with Crippen LogP contribution in [-0.4, -0.2) is 24.0 Å². The minimum atomic E-state index is -0.634. The van der Waals surface area contributed by atoms with Crippen LogP contribution < -0.4 is 5.32 Å². The lowest BCUT2D eigenvalue weighted by Crippen LogP contribution is -2.34. The van der Waals surface area contributed by atoms with Crippen LogP contribution in [0.5, 0.6) is 0 Å². The van der Waals surface area contributed by atoms with Crippen LogP contribution in [0.1, 0.15) is 19.4 Å². The molecule has 0 aliphatic carbocycles. The molecule has 0 atom stereocenters. The Bertz CT molecular complexity index is 450. The molecule has 0 saturated carbocycles. The first kappa shape index (κ1) is 13.0. The highest BCUT2D eigenvalue weighted by molar-refractivity contribution is 5.90. The molecule has 4 nitrogen and oxygen atoms in total. The Kier molecular flexibility index (Phi) is 4.46. The normalized spacial score (nSPS) is 9.53. The van der Waals surface area contributed by atoms with Crippen molar-refractivity contribution in [2.75, 3.05) is 18.4 Å². The predicted octanol–water partition coefficient (Wildman–Crippen LogP) is 2.57. The Morgan fingerprint density at radius 2 is 2.12 bits per heavy atom. The summed E-state index contributed by atoms with van der Waals surface area (Å²) in [5, 5.41) is 11.3. The second kappa shape index (κ2) is 5.85. The first-order valence-corrected chi connectivity index (χ1v) is 5.38. The number of amides is 2. The summed E-state index contributed by atoms with van der Waals surface area (Å²) in [6.45, 7) is 4.80. The number of hydrogen-bond acceptors (Lipinski definition) is 2. The number of benzene rings is 1. The lowest BCUT2D eigenvalue weighted by molar-refractivity contribution is 0.217. The number of rotatable bonds is 3. The zero-order valence-corrected chi connectivity index (χ0v) is 9.83. The fraction of sp³-hybridized carbons (Fsp3) is 0.333. The van der Waals surface area contributed by atoms with Crippen molar-refractivity contribution in [3.8, 4) is 6.07 Å². The zero-order chi connectivity index (χ0) is 12.8. The Hall–Kier alpha value is -2.09. The number of anilines is 1. The molecule has 0 bridgehead atoms. The Morgan fingerprint density at radius 1 is 1.47 bits per heavy atom. The smallest absolute Gasteiger partial charge is 0.321 e. The molecule has 0 saturated heterocycles. The number of halogens is 1. The minimum Gasteiger partial charge on any atom is -0.325 e. The van der Waals surface area contributed by atoms with E-state index in [0.29, 0.717) is 13.1 Å². The van der Waals surface area contributed by atoms with E-state index in [4.69, 9.17) is 5.26 Å². The number of nitrogens with one attached hydrogen (secondary N) is 1. The third-order valence-electron chi connectivity index (χ3n) is 2.42. The van der Waals surface area contributed by atoms with Gasteiger partial charge in [-0.05, 0) is 26.0 Å². The summed E-state index contributed by atoms with van der Waals surface area (Å²) in [5.41, 5.74) is 0.0532. The van der Waals surface area contributed by atoms with E-state index in [1.54, 1.807) is 11.0 Å². The van der Waals surface area contributed by atoms with Crippen molar-refractivity contribution >= 4 is 11.7 Å². The van der Waals surface area contributed by atoms with Gasteiger partial charge < -0.3 is 10.2 Å². The molecule has 0 fully saturated rings. The molecule has 5 heteroatoms. The molecular weight excluding hydrogens is 221 g/mol. The fourth-order valence-electron chi connectivity index (χ4n) is 1.45. The van der Waals surface area contributed by atoms with Crippen molar-refractivity contribution in [1.29, 1.82) is 5.26 Å². The van der Waals surface area contributed by atoms with Crippen LogP contribution in [0.25, 0.3) is 0 Å². The molecule has 0 aromatic heterocycles. The highest BCUT2D eigenvalue weighted by atomic mass is 19.1. The molecule has 0 radical (unpaired) electrons. The van der Waals surface area contributed by atoms with Crippen LogP contribution in [0.3, 0.4) is 0 Å². The lowest BCUT2D eigenvalue weighted by Gasteiger charge is -2.19. The van der Waals surface area contributed by atoms with E-state index in [0.717, 1.165) is 0 Å². The predicted molar refractivity (Wildman–Crippen MR) is 63.1 cm³/mol. The van der Waals surface area contributed by atoms with Gasteiger partial charge in [0.25, 0.3) is 0 Å². The van der Waals surface area contributed by atoms with Crippen LogP contribution in [0.15, 0.2) is 18.2 Å². The molecule has 0 aliphatic rings. The van der Waals surface area contributed by atoms with Crippen molar-refractivity contribution < 1.29 is 9.18 Å². The monoisotopic (exact) mass is 235 g/mol. The zero-order valence-electron chi connectivity index (χ0n) is 9.83. The third-order valence-corrected chi connectivity index (χ3v) is 2.42. The van der Waals surface area contributed by atoms with Gasteiger partial charge in [0, 0.05) is 13.1 Å². The van der Waals surface area contributed by atoms with E-state index in [-0.39, 0.29) is 17.3 Å². The summed E-state index contributed by atoms with van der Waals surface area (Å²) in [4.78, 5) is 13.3. The summed E-state index contributed by atoms with van der Waals surface area (Å²) in [6, 6.07) is 5.54. The number of nitriles is 1. The minimum absolute atomic E-state index is 0.145. The maximum absolute atomic E-state index is 13.3. The van der Waals surface area contributed by atoms with Gasteiger partial charge >= 0.3 is 6.03 Å². The number of carbonyl (C=O) groups is 1. The van der Waals surface area contributed by atoms with Gasteiger partial charge in [-0.15, -0.1) is 0 Å². The quantitative estimate of drug-likeness (QED) is 0.875. The van der Waals surface area contributed by atoms with Crippen molar-refractivity contribution in [3.05, 3.63) is 29.6 Å². The maximum Gasteiger partial charge on any atom is 0.321 e. The van der Waals surface area contributed by atoms with Crippen molar-refractivity contribution in [2.24, 2.45) is 0 Å². The Morgan fingerprint density at radius 3 is 2.65 bits per heavy atom. The SMILES string of the molecule is CCN(CC)C(=O)Nc1cccc(F)c1C#N. The number of urea groups is 1. The molecule has 1 aromatic rings. The molecular formula is C12H14FN3O. The van der Waals surface area contributed by atoms with Gasteiger partial charge in [-0.2, -0.15) is 5.26 Å². The lowest BCUT2D eigenvalue weighted by atomic mass is 10.2. The number of nitrogens with zero attached hydrogens (tertiary/aromatic N) is 2. The van der Waals surface area contributed by atoms with E-state index >= 15 is 0 Å². The molecule has 1 aromatic carbocycles. The second-order valence-electron chi connectivity index (χ2n) is 3.38. The summed E-state index contributed by atoms with van der Waals surface area (Å²) in [6.07, 6.45) is 0. The van der Waals surface area contributed by atoms with E-state index in [9.17, 15) is 9.18 Å². The van der Waals surface area contributed by atoms with Crippen molar-refractivity contribution in [3.63, 3.8) is 0 Å². The van der Waals surface area contributed by atoms with Gasteiger partial charge in [-0.3, -0.25) is 0 Å². The average molecular weight is 235 g/mol. The molecule has 0 unspecified atom stereocenters. The number of carbonyl (C=O) groups excluding carboxylic acids is 1. The molecule has 2 amide bonds. The van der Waals surface area contributed by atoms with E-state index in [1.807, 2.05) is 13.8 Å². The van der Waals surface area contributed by atoms with Crippen LogP contribution in [-0.2, 0) is 0 Å². The average Bonchev–Trinajstić information content (AvgIpc) is 2.31. The second-order valence-corrected chi connectivity index (χ2v) is 3.38. The molecule has 0 aliphatic heterocycles. The highest BCUT2D eigenvalue weighted by Gasteiger charge is 2.13. The molecule has 1 rings (SSSR count). The summed E-state index contributed by atoms with van der Waals surface area (Å²) in [5.74, 6) is -0.634. The largest absolute Gasteiger partial charge is 0.325 e. The Balaban J connectivity index is 2.93. The Labute approximate surface area is 99.7 Å². The molecule has 17 heavy (non-hydrogen) atoms. The van der Waals surface area contributed by atoms with E-state index in [2.05, 4.69) is 5.32 Å². The molecule has 0 heterocycles. The van der Waals surface area contributed by atoms with Crippen LogP contribution in [0.4, 0.5) is 14.9 Å². The first-order valence-electron chi connectivity index (χ1n) is 5.38. The van der Waals surface area contributed by atoms with Gasteiger partial charge in [0.2, 0.25) is 0 Å². The number of hydrogen-bond donors (Lipinski definition) is 1. The first-order chi connectivity index (χ1) is 8.13. The van der Waals surface area contributed by atoms with Crippen molar-refractivity contribution in [2.45, 2.75) is 13.8 Å². The summed E-state index contributed by atoms with van der Waals surface area (Å²) < 4.78 is 13.3. The summed E-state index contributed by atoms with van der Waals surface area (Å²) in [7, 11) is 0. The van der Waals surface area contributed by atoms with E-state index in [1.165, 1.54) is 18.2 Å². The third kappa shape index (κ3) is 2.94. The van der Waals surface area contributed by atoms with Crippen LogP contribution in [0.2, 0.25) is 0 Å². The molecule has 90 valence electrons. The molecule has 0 spiro atoms. The van der Waals surface area contributed by atoms with Gasteiger partial charge in [0.1, 0.15) is 17.4 Å². The summed E-state index contributed by atoms with van der Waals surface area (Å²) >= 11 is 0. The fourth-order valence-corrected chi connectivity index (χ4v) is 1.45. The van der Waals surface area contributed by atoms with Gasteiger partial charge in [0.15, 0.2) is 0 Å². The molecule has 1 N–H and O–H groups in total. The van der Waals surface area contributed by atoms with Gasteiger partial charge in [-0.1, -0.05) is 6.07 Å². The topological polar surface area (TPSA) is 56.1 Å². The van der Waals surface area contributed by atoms with Crippen LogP contribution in [0, 0.1) is 17.1 Å².